The van der Waals surface area contributed by atoms with Crippen molar-refractivity contribution < 1.29 is 17.9 Å². The van der Waals surface area contributed by atoms with Gasteiger partial charge in [0.15, 0.2) is 0 Å². The van der Waals surface area contributed by atoms with E-state index in [1.165, 1.54) is 7.11 Å². The summed E-state index contributed by atoms with van der Waals surface area (Å²) < 4.78 is 38.7. The van der Waals surface area contributed by atoms with E-state index in [2.05, 4.69) is 10.0 Å². The third-order valence-electron chi connectivity index (χ3n) is 4.21. The summed E-state index contributed by atoms with van der Waals surface area (Å²) in [5.74, 6) is 0.508. The van der Waals surface area contributed by atoms with Crippen LogP contribution in [0, 0.1) is 0 Å². The maximum absolute atomic E-state index is 12.8. The Hall–Kier alpha value is -2.09. The first-order valence-electron chi connectivity index (χ1n) is 8.09. The Labute approximate surface area is 148 Å². The van der Waals surface area contributed by atoms with Crippen molar-refractivity contribution in [2.24, 2.45) is 0 Å². The van der Waals surface area contributed by atoms with Crippen molar-refractivity contribution in [1.29, 1.82) is 0 Å². The molecule has 1 aliphatic heterocycles. The number of hydrogen-bond acceptors (Lipinski definition) is 5. The predicted molar refractivity (Wildman–Crippen MR) is 96.6 cm³/mol. The molecular formula is C18H22N2O4S. The van der Waals surface area contributed by atoms with Gasteiger partial charge in [0.1, 0.15) is 5.75 Å². The standard InChI is InChI=1S/C18H22N2O4S/c1-23-11-5-10-19-18-14-6-3-4-7-16(14)20-25(21,22)17-12-13(24-2)8-9-15(17)18/h3-4,6-9,12,18-20H,5,10-11H2,1-2H3. The number of anilines is 1. The normalized spacial score (nSPS) is 17.8. The number of benzene rings is 2. The molecule has 2 N–H and O–H groups in total. The van der Waals surface area contributed by atoms with Crippen molar-refractivity contribution in [3.63, 3.8) is 0 Å². The molecule has 0 radical (unpaired) electrons. The second-order valence-corrected chi connectivity index (χ2v) is 7.48. The monoisotopic (exact) mass is 362 g/mol. The van der Waals surface area contributed by atoms with Crippen LogP contribution >= 0.6 is 0 Å². The minimum atomic E-state index is -3.69. The molecule has 1 atom stereocenters. The molecule has 1 aliphatic rings. The van der Waals surface area contributed by atoms with E-state index in [9.17, 15) is 8.42 Å². The largest absolute Gasteiger partial charge is 0.497 e. The van der Waals surface area contributed by atoms with E-state index in [0.29, 0.717) is 30.2 Å². The first-order valence-corrected chi connectivity index (χ1v) is 9.57. The minimum absolute atomic E-state index is 0.229. The molecule has 0 fully saturated rings. The van der Waals surface area contributed by atoms with Gasteiger partial charge < -0.3 is 14.8 Å². The summed E-state index contributed by atoms with van der Waals surface area (Å²) in [6.45, 7) is 1.35. The van der Waals surface area contributed by atoms with Gasteiger partial charge in [-0.25, -0.2) is 8.42 Å². The fourth-order valence-electron chi connectivity index (χ4n) is 3.00. The molecule has 25 heavy (non-hydrogen) atoms. The highest BCUT2D eigenvalue weighted by Crippen LogP contribution is 2.38. The lowest BCUT2D eigenvalue weighted by atomic mass is 9.97. The highest BCUT2D eigenvalue weighted by Gasteiger charge is 2.31. The molecule has 1 heterocycles. The van der Waals surface area contributed by atoms with Crippen molar-refractivity contribution in [1.82, 2.24) is 5.32 Å². The maximum atomic E-state index is 12.8. The number of ether oxygens (including phenoxy) is 2. The highest BCUT2D eigenvalue weighted by atomic mass is 32.2. The molecular weight excluding hydrogens is 340 g/mol. The first kappa shape index (κ1) is 17.7. The minimum Gasteiger partial charge on any atom is -0.497 e. The van der Waals surface area contributed by atoms with Crippen LogP contribution in [0.5, 0.6) is 5.75 Å². The van der Waals surface area contributed by atoms with Gasteiger partial charge in [-0.15, -0.1) is 0 Å². The van der Waals surface area contributed by atoms with Crippen molar-refractivity contribution in [2.45, 2.75) is 17.4 Å². The van der Waals surface area contributed by atoms with Crippen molar-refractivity contribution in [3.05, 3.63) is 53.6 Å². The SMILES string of the molecule is COCCCNC1c2ccccc2NS(=O)(=O)c2cc(OC)ccc21. The van der Waals surface area contributed by atoms with Crippen LogP contribution in [0.15, 0.2) is 47.4 Å². The molecule has 134 valence electrons. The highest BCUT2D eigenvalue weighted by molar-refractivity contribution is 7.92. The third-order valence-corrected chi connectivity index (χ3v) is 5.63. The van der Waals surface area contributed by atoms with Crippen LogP contribution in [0.2, 0.25) is 0 Å². The van der Waals surface area contributed by atoms with Gasteiger partial charge >= 0.3 is 0 Å². The summed E-state index contributed by atoms with van der Waals surface area (Å²) in [5, 5.41) is 3.46. The molecule has 6 nitrogen and oxygen atoms in total. The van der Waals surface area contributed by atoms with Crippen LogP contribution < -0.4 is 14.8 Å². The van der Waals surface area contributed by atoms with Crippen molar-refractivity contribution in [3.8, 4) is 5.75 Å². The Bertz CT molecular complexity index is 852. The fraction of sp³-hybridized carbons (Fsp3) is 0.333. The molecule has 0 aromatic heterocycles. The van der Waals surface area contributed by atoms with Crippen LogP contribution in [-0.4, -0.2) is 35.8 Å². The number of methoxy groups -OCH3 is 2. The van der Waals surface area contributed by atoms with Gasteiger partial charge in [0.25, 0.3) is 10.0 Å². The molecule has 2 aromatic carbocycles. The first-order chi connectivity index (χ1) is 12.1. The van der Waals surface area contributed by atoms with Gasteiger partial charge in [-0.1, -0.05) is 24.3 Å². The van der Waals surface area contributed by atoms with E-state index in [-0.39, 0.29) is 10.9 Å². The topological polar surface area (TPSA) is 76.7 Å². The van der Waals surface area contributed by atoms with Crippen LogP contribution in [0.4, 0.5) is 5.69 Å². The number of hydrogen-bond donors (Lipinski definition) is 2. The predicted octanol–water partition coefficient (Wildman–Crippen LogP) is 2.52. The van der Waals surface area contributed by atoms with E-state index in [4.69, 9.17) is 9.47 Å². The molecule has 7 heteroatoms. The lowest BCUT2D eigenvalue weighted by Crippen LogP contribution is -2.25. The van der Waals surface area contributed by atoms with Gasteiger partial charge in [0.05, 0.1) is 23.7 Å². The summed E-state index contributed by atoms with van der Waals surface area (Å²) in [6, 6.07) is 12.4. The van der Waals surface area contributed by atoms with Crippen LogP contribution in [0.1, 0.15) is 23.6 Å². The van der Waals surface area contributed by atoms with E-state index >= 15 is 0 Å². The average Bonchev–Trinajstić information content (AvgIpc) is 2.70. The zero-order valence-corrected chi connectivity index (χ0v) is 15.1. The van der Waals surface area contributed by atoms with Crippen LogP contribution in [-0.2, 0) is 14.8 Å². The van der Waals surface area contributed by atoms with Crippen LogP contribution in [0.3, 0.4) is 0 Å². The van der Waals surface area contributed by atoms with E-state index in [1.54, 1.807) is 25.3 Å². The number of para-hydroxylation sites is 1. The zero-order valence-electron chi connectivity index (χ0n) is 14.3. The average molecular weight is 362 g/mol. The number of fused-ring (bicyclic) bond motifs is 2. The van der Waals surface area contributed by atoms with Gasteiger partial charge in [-0.05, 0) is 36.2 Å². The second kappa shape index (κ2) is 7.43. The molecule has 0 spiro atoms. The summed E-state index contributed by atoms with van der Waals surface area (Å²) >= 11 is 0. The number of rotatable bonds is 6. The van der Waals surface area contributed by atoms with E-state index in [0.717, 1.165) is 12.0 Å². The van der Waals surface area contributed by atoms with Crippen molar-refractivity contribution >= 4 is 15.7 Å². The van der Waals surface area contributed by atoms with Gasteiger partial charge in [0.2, 0.25) is 0 Å². The lowest BCUT2D eigenvalue weighted by molar-refractivity contribution is 0.193. The Morgan fingerprint density at radius 3 is 2.68 bits per heavy atom. The quantitative estimate of drug-likeness (QED) is 0.772. The second-order valence-electron chi connectivity index (χ2n) is 5.83. The van der Waals surface area contributed by atoms with Gasteiger partial charge in [-0.2, -0.15) is 0 Å². The number of nitrogens with one attached hydrogen (secondary N) is 2. The van der Waals surface area contributed by atoms with Crippen LogP contribution in [0.25, 0.3) is 0 Å². The third kappa shape index (κ3) is 3.63. The molecule has 0 bridgehead atoms. The molecule has 0 amide bonds. The fourth-order valence-corrected chi connectivity index (χ4v) is 4.36. The zero-order chi connectivity index (χ0) is 17.9. The van der Waals surface area contributed by atoms with E-state index in [1.807, 2.05) is 24.3 Å². The summed E-state index contributed by atoms with van der Waals surface area (Å²) in [5.41, 5.74) is 2.19. The molecule has 2 aromatic rings. The molecule has 0 saturated carbocycles. The molecule has 3 rings (SSSR count). The Morgan fingerprint density at radius 2 is 1.92 bits per heavy atom. The Balaban J connectivity index is 2.09. The van der Waals surface area contributed by atoms with Gasteiger partial charge in [-0.3, -0.25) is 4.72 Å². The summed E-state index contributed by atoms with van der Waals surface area (Å²) in [6.07, 6.45) is 0.834. The Kier molecular flexibility index (Phi) is 5.27. The van der Waals surface area contributed by atoms with E-state index < -0.39 is 10.0 Å². The molecule has 0 saturated heterocycles. The van der Waals surface area contributed by atoms with Crippen molar-refractivity contribution in [2.75, 3.05) is 32.1 Å². The molecule has 1 unspecified atom stereocenters. The molecule has 0 aliphatic carbocycles. The summed E-state index contributed by atoms with van der Waals surface area (Å²) in [7, 11) is -0.500. The summed E-state index contributed by atoms with van der Waals surface area (Å²) in [4.78, 5) is 0.229. The van der Waals surface area contributed by atoms with Gasteiger partial charge in [0, 0.05) is 19.8 Å². The smallest absolute Gasteiger partial charge is 0.262 e. The number of sulfonamides is 1. The lowest BCUT2D eigenvalue weighted by Gasteiger charge is -2.21. The maximum Gasteiger partial charge on any atom is 0.262 e. The Morgan fingerprint density at radius 1 is 1.12 bits per heavy atom.